The number of ketones is 1. The van der Waals surface area contributed by atoms with Crippen molar-refractivity contribution in [2.45, 2.75) is 59.5 Å². The lowest BCUT2D eigenvalue weighted by Gasteiger charge is -2.35. The average Bonchev–Trinajstić information content (AvgIpc) is 2.14. The molecule has 1 saturated carbocycles. The van der Waals surface area contributed by atoms with Crippen LogP contribution in [0.1, 0.15) is 53.9 Å². The van der Waals surface area contributed by atoms with Gasteiger partial charge in [0.15, 0.2) is 5.78 Å². The van der Waals surface area contributed by atoms with Crippen LogP contribution in [0.2, 0.25) is 0 Å². The molecule has 0 N–H and O–H groups in total. The first-order valence-corrected chi connectivity index (χ1v) is 6.55. The molecule has 0 amide bonds. The topological polar surface area (TPSA) is 26.3 Å². The van der Waals surface area contributed by atoms with E-state index in [4.69, 9.17) is 4.74 Å². The number of Topliss-reactive ketones (excluding diaryl/α,β-unsaturated/α-hetero) is 1. The molecular weight excluding hydrogens is 200 g/mol. The lowest BCUT2D eigenvalue weighted by Crippen LogP contribution is -2.42. The molecule has 1 aliphatic rings. The summed E-state index contributed by atoms with van der Waals surface area (Å²) in [5.41, 5.74) is -0.601. The Bertz CT molecular complexity index is 235. The smallest absolute Gasteiger partial charge is 0.167 e. The molecule has 0 aliphatic heterocycles. The van der Waals surface area contributed by atoms with E-state index in [1.807, 2.05) is 20.8 Å². The third kappa shape index (κ3) is 3.31. The predicted octanol–water partition coefficient (Wildman–Crippen LogP) is 3.44. The number of carbonyl (C=O) groups excluding carboxylic acids is 1. The molecule has 1 rings (SSSR count). The molecule has 94 valence electrons. The molecule has 1 fully saturated rings. The van der Waals surface area contributed by atoms with E-state index >= 15 is 0 Å². The number of hydrogen-bond acceptors (Lipinski definition) is 2. The van der Waals surface area contributed by atoms with Crippen molar-refractivity contribution in [1.82, 2.24) is 0 Å². The SMILES string of the molecule is CCOC(C)(C)C(=O)C1CC(C)CC(C)C1. The third-order valence-electron chi connectivity index (χ3n) is 3.65. The van der Waals surface area contributed by atoms with Crippen molar-refractivity contribution in [2.75, 3.05) is 6.61 Å². The number of carbonyl (C=O) groups is 1. The summed E-state index contributed by atoms with van der Waals surface area (Å²) < 4.78 is 5.57. The highest BCUT2D eigenvalue weighted by atomic mass is 16.5. The van der Waals surface area contributed by atoms with Crippen LogP contribution in [0, 0.1) is 17.8 Å². The van der Waals surface area contributed by atoms with Crippen LogP contribution >= 0.6 is 0 Å². The van der Waals surface area contributed by atoms with Crippen molar-refractivity contribution in [3.8, 4) is 0 Å². The summed E-state index contributed by atoms with van der Waals surface area (Å²) in [5, 5.41) is 0. The van der Waals surface area contributed by atoms with Gasteiger partial charge in [-0.2, -0.15) is 0 Å². The molecule has 0 heterocycles. The Morgan fingerprint density at radius 1 is 1.19 bits per heavy atom. The Kier molecular flexibility index (Phi) is 4.54. The molecule has 0 radical (unpaired) electrons. The molecule has 0 spiro atoms. The van der Waals surface area contributed by atoms with E-state index in [1.54, 1.807) is 0 Å². The lowest BCUT2D eigenvalue weighted by molar-refractivity contribution is -0.146. The second kappa shape index (κ2) is 5.31. The van der Waals surface area contributed by atoms with Crippen LogP contribution < -0.4 is 0 Å². The Hall–Kier alpha value is -0.370. The average molecular weight is 226 g/mol. The van der Waals surface area contributed by atoms with Gasteiger partial charge in [-0.1, -0.05) is 13.8 Å². The number of hydrogen-bond donors (Lipinski definition) is 0. The third-order valence-corrected chi connectivity index (χ3v) is 3.65. The van der Waals surface area contributed by atoms with E-state index in [2.05, 4.69) is 13.8 Å². The Labute approximate surface area is 99.8 Å². The van der Waals surface area contributed by atoms with Crippen molar-refractivity contribution < 1.29 is 9.53 Å². The van der Waals surface area contributed by atoms with Gasteiger partial charge in [-0.15, -0.1) is 0 Å². The molecule has 2 nitrogen and oxygen atoms in total. The largest absolute Gasteiger partial charge is 0.368 e. The number of ether oxygens (including phenoxy) is 1. The minimum atomic E-state index is -0.601. The zero-order valence-corrected chi connectivity index (χ0v) is 11.4. The van der Waals surface area contributed by atoms with Gasteiger partial charge < -0.3 is 4.74 Å². The molecule has 0 aromatic carbocycles. The Morgan fingerprint density at radius 3 is 2.12 bits per heavy atom. The van der Waals surface area contributed by atoms with Gasteiger partial charge in [-0.25, -0.2) is 0 Å². The van der Waals surface area contributed by atoms with Gasteiger partial charge in [0.2, 0.25) is 0 Å². The Balaban J connectivity index is 2.65. The highest BCUT2D eigenvalue weighted by Gasteiger charge is 2.37. The molecule has 2 heteroatoms. The van der Waals surface area contributed by atoms with E-state index in [0.29, 0.717) is 24.2 Å². The fourth-order valence-corrected chi connectivity index (χ4v) is 3.08. The molecule has 2 atom stereocenters. The highest BCUT2D eigenvalue weighted by molar-refractivity contribution is 5.88. The minimum absolute atomic E-state index is 0.209. The first-order valence-electron chi connectivity index (χ1n) is 6.55. The van der Waals surface area contributed by atoms with Gasteiger partial charge >= 0.3 is 0 Å². The maximum atomic E-state index is 12.4. The minimum Gasteiger partial charge on any atom is -0.368 e. The van der Waals surface area contributed by atoms with Crippen LogP contribution in [0.3, 0.4) is 0 Å². The summed E-state index contributed by atoms with van der Waals surface area (Å²) in [4.78, 5) is 12.4. The monoisotopic (exact) mass is 226 g/mol. The van der Waals surface area contributed by atoms with Gasteiger partial charge in [-0.3, -0.25) is 4.79 Å². The molecule has 0 aromatic heterocycles. The maximum Gasteiger partial charge on any atom is 0.167 e. The highest BCUT2D eigenvalue weighted by Crippen LogP contribution is 2.35. The Morgan fingerprint density at radius 2 is 1.69 bits per heavy atom. The normalized spacial score (nSPS) is 31.4. The van der Waals surface area contributed by atoms with E-state index in [-0.39, 0.29) is 5.92 Å². The molecular formula is C14H26O2. The molecule has 1 aliphatic carbocycles. The lowest BCUT2D eigenvalue weighted by atomic mass is 9.72. The van der Waals surface area contributed by atoms with E-state index in [1.165, 1.54) is 6.42 Å². The van der Waals surface area contributed by atoms with E-state index < -0.39 is 5.60 Å². The van der Waals surface area contributed by atoms with Crippen molar-refractivity contribution in [2.24, 2.45) is 17.8 Å². The van der Waals surface area contributed by atoms with Crippen molar-refractivity contribution in [3.63, 3.8) is 0 Å². The first-order chi connectivity index (χ1) is 7.36. The van der Waals surface area contributed by atoms with Gasteiger partial charge in [0.05, 0.1) is 0 Å². The molecule has 0 saturated heterocycles. The van der Waals surface area contributed by atoms with Crippen LogP contribution in [0.5, 0.6) is 0 Å². The van der Waals surface area contributed by atoms with E-state index in [0.717, 1.165) is 12.8 Å². The van der Waals surface area contributed by atoms with Crippen LogP contribution in [0.15, 0.2) is 0 Å². The molecule has 2 unspecified atom stereocenters. The van der Waals surface area contributed by atoms with Gasteiger partial charge in [0.1, 0.15) is 5.60 Å². The van der Waals surface area contributed by atoms with Gasteiger partial charge in [-0.05, 0) is 51.9 Å². The summed E-state index contributed by atoms with van der Waals surface area (Å²) >= 11 is 0. The van der Waals surface area contributed by atoms with Crippen molar-refractivity contribution >= 4 is 5.78 Å². The van der Waals surface area contributed by atoms with Crippen molar-refractivity contribution in [3.05, 3.63) is 0 Å². The summed E-state index contributed by atoms with van der Waals surface area (Å²) in [7, 11) is 0. The van der Waals surface area contributed by atoms with Crippen molar-refractivity contribution in [1.29, 1.82) is 0 Å². The maximum absolute atomic E-state index is 12.4. The van der Waals surface area contributed by atoms with Crippen LogP contribution in [-0.4, -0.2) is 18.0 Å². The van der Waals surface area contributed by atoms with E-state index in [9.17, 15) is 4.79 Å². The van der Waals surface area contributed by atoms with Crippen LogP contribution in [0.4, 0.5) is 0 Å². The quantitative estimate of drug-likeness (QED) is 0.734. The molecule has 0 aromatic rings. The summed E-state index contributed by atoms with van der Waals surface area (Å²) in [6.07, 6.45) is 3.35. The fourth-order valence-electron chi connectivity index (χ4n) is 3.08. The molecule has 0 bridgehead atoms. The van der Waals surface area contributed by atoms with Crippen LogP contribution in [0.25, 0.3) is 0 Å². The van der Waals surface area contributed by atoms with Gasteiger partial charge in [0, 0.05) is 12.5 Å². The van der Waals surface area contributed by atoms with Crippen LogP contribution in [-0.2, 0) is 9.53 Å². The predicted molar refractivity (Wildman–Crippen MR) is 66.4 cm³/mol. The first kappa shape index (κ1) is 13.7. The zero-order valence-electron chi connectivity index (χ0n) is 11.4. The zero-order chi connectivity index (χ0) is 12.3. The van der Waals surface area contributed by atoms with Gasteiger partial charge in [0.25, 0.3) is 0 Å². The second-order valence-corrected chi connectivity index (χ2v) is 5.92. The standard InChI is InChI=1S/C14H26O2/c1-6-16-14(4,5)13(15)12-8-10(2)7-11(3)9-12/h10-12H,6-9H2,1-5H3. The number of rotatable bonds is 4. The summed E-state index contributed by atoms with van der Waals surface area (Å²) in [6.45, 7) is 10.9. The molecule has 16 heavy (non-hydrogen) atoms. The fraction of sp³-hybridized carbons (Fsp3) is 0.929. The summed E-state index contributed by atoms with van der Waals surface area (Å²) in [6, 6.07) is 0. The summed E-state index contributed by atoms with van der Waals surface area (Å²) in [5.74, 6) is 1.86. The second-order valence-electron chi connectivity index (χ2n) is 5.92.